The minimum atomic E-state index is -5.06. The molecule has 6 unspecified atom stereocenters. The molecule has 0 aromatic heterocycles. The monoisotopic (exact) mass is 817 g/mol. The fraction of sp³-hybridized carbons (Fsp3) is 0.791. The van der Waals surface area contributed by atoms with Crippen LogP contribution in [0.1, 0.15) is 155 Å². The third-order valence-corrected chi connectivity index (χ3v) is 9.90. The van der Waals surface area contributed by atoms with Crippen LogP contribution in [0.5, 0.6) is 0 Å². The lowest BCUT2D eigenvalue weighted by molar-refractivity contribution is -0.301. The second kappa shape index (κ2) is 35.0. The maximum absolute atomic E-state index is 12.8. The van der Waals surface area contributed by atoms with Crippen LogP contribution in [-0.4, -0.2) is 97.5 Å². The number of rotatable bonds is 36. The number of unbranched alkanes of at least 4 members (excludes halogenated alkanes) is 15. The van der Waals surface area contributed by atoms with Gasteiger partial charge in [0.15, 0.2) is 6.29 Å². The fourth-order valence-electron chi connectivity index (χ4n) is 6.21. The maximum atomic E-state index is 12.8. The Labute approximate surface area is 338 Å². The number of allylic oxidation sites excluding steroid dienone is 8. The zero-order valence-corrected chi connectivity index (χ0v) is 35.2. The molecule has 6 atom stereocenters. The van der Waals surface area contributed by atoms with Gasteiger partial charge in [0.05, 0.1) is 19.8 Å². The lowest BCUT2D eigenvalue weighted by Gasteiger charge is -2.41. The second-order valence-corrected chi connectivity index (χ2v) is 15.6. The molecule has 1 aliphatic rings. The highest BCUT2D eigenvalue weighted by Gasteiger charge is 2.48. The van der Waals surface area contributed by atoms with E-state index in [4.69, 9.17) is 23.5 Å². The molecule has 13 heteroatoms. The van der Waals surface area contributed by atoms with Crippen molar-refractivity contribution in [2.45, 2.75) is 192 Å². The summed E-state index contributed by atoms with van der Waals surface area (Å²) in [4.78, 5) is 12.8. The Morgan fingerprint density at radius 1 is 0.696 bits per heavy atom. The predicted octanol–water partition coefficient (Wildman–Crippen LogP) is 8.41. The molecule has 0 aromatic rings. The molecule has 0 aliphatic carbocycles. The van der Waals surface area contributed by atoms with Crippen LogP contribution in [0, 0.1) is 0 Å². The molecule has 0 amide bonds. The van der Waals surface area contributed by atoms with Crippen molar-refractivity contribution >= 4 is 16.4 Å². The number of aliphatic hydroxyl groups excluding tert-OH is 3. The van der Waals surface area contributed by atoms with Crippen molar-refractivity contribution in [3.63, 3.8) is 0 Å². The minimum Gasteiger partial charge on any atom is -0.457 e. The van der Waals surface area contributed by atoms with Crippen LogP contribution < -0.4 is 0 Å². The molecule has 0 radical (unpaired) electrons. The van der Waals surface area contributed by atoms with Gasteiger partial charge in [0.25, 0.3) is 0 Å². The van der Waals surface area contributed by atoms with Gasteiger partial charge in [0, 0.05) is 13.0 Å². The van der Waals surface area contributed by atoms with E-state index < -0.39 is 59.8 Å². The summed E-state index contributed by atoms with van der Waals surface area (Å²) in [5, 5.41) is 30.6. The predicted molar refractivity (Wildman–Crippen MR) is 220 cm³/mol. The Balaban J connectivity index is 2.47. The van der Waals surface area contributed by atoms with E-state index in [2.05, 4.69) is 66.6 Å². The van der Waals surface area contributed by atoms with Crippen LogP contribution in [0.15, 0.2) is 48.6 Å². The Bertz CT molecular complexity index is 1170. The first-order valence-corrected chi connectivity index (χ1v) is 22.8. The van der Waals surface area contributed by atoms with Crippen molar-refractivity contribution in [2.75, 3.05) is 26.4 Å². The average Bonchev–Trinajstić information content (AvgIpc) is 3.17. The first-order valence-electron chi connectivity index (χ1n) is 21.4. The van der Waals surface area contributed by atoms with Crippen molar-refractivity contribution in [1.29, 1.82) is 0 Å². The first kappa shape index (κ1) is 52.1. The number of carbonyl (C=O) groups excluding carboxylic acids is 1. The van der Waals surface area contributed by atoms with Gasteiger partial charge < -0.3 is 34.3 Å². The molecule has 0 spiro atoms. The molecule has 0 aromatic carbocycles. The molecule has 56 heavy (non-hydrogen) atoms. The highest BCUT2D eigenvalue weighted by atomic mass is 32.3. The Kier molecular flexibility index (Phi) is 32.6. The second-order valence-electron chi connectivity index (χ2n) is 14.5. The van der Waals surface area contributed by atoms with Gasteiger partial charge in [0.1, 0.15) is 30.5 Å². The summed E-state index contributed by atoms with van der Waals surface area (Å²) in [7, 11) is -5.06. The molecule has 1 fully saturated rings. The van der Waals surface area contributed by atoms with Crippen molar-refractivity contribution in [1.82, 2.24) is 0 Å². The summed E-state index contributed by atoms with van der Waals surface area (Å²) >= 11 is 0. The molecule has 0 saturated carbocycles. The lowest BCUT2D eigenvalue weighted by Crippen LogP contribution is -2.60. The van der Waals surface area contributed by atoms with Gasteiger partial charge in [0.2, 0.25) is 0 Å². The van der Waals surface area contributed by atoms with Gasteiger partial charge in [-0.1, -0.05) is 127 Å². The van der Waals surface area contributed by atoms with Gasteiger partial charge in [-0.3, -0.25) is 9.35 Å². The van der Waals surface area contributed by atoms with E-state index in [1.54, 1.807) is 0 Å². The van der Waals surface area contributed by atoms with Crippen LogP contribution in [0.2, 0.25) is 0 Å². The molecule has 1 saturated heterocycles. The summed E-state index contributed by atoms with van der Waals surface area (Å²) in [6, 6.07) is 0. The van der Waals surface area contributed by atoms with Crippen molar-refractivity contribution in [3.8, 4) is 0 Å². The fourth-order valence-corrected chi connectivity index (χ4v) is 6.72. The van der Waals surface area contributed by atoms with Crippen molar-refractivity contribution < 1.29 is 56.2 Å². The summed E-state index contributed by atoms with van der Waals surface area (Å²) in [5.41, 5.74) is 0. The number of esters is 1. The van der Waals surface area contributed by atoms with E-state index in [0.717, 1.165) is 89.9 Å². The summed E-state index contributed by atoms with van der Waals surface area (Å²) in [5.74, 6) is -0.416. The zero-order valence-electron chi connectivity index (χ0n) is 34.4. The van der Waals surface area contributed by atoms with Gasteiger partial charge in [-0.15, -0.1) is 0 Å². The van der Waals surface area contributed by atoms with Crippen molar-refractivity contribution in [3.05, 3.63) is 48.6 Å². The van der Waals surface area contributed by atoms with Crippen LogP contribution in [-0.2, 0) is 38.3 Å². The van der Waals surface area contributed by atoms with Crippen LogP contribution in [0.25, 0.3) is 0 Å². The normalized spacial score (nSPS) is 21.3. The minimum absolute atomic E-state index is 0.0225. The average molecular weight is 817 g/mol. The van der Waals surface area contributed by atoms with Crippen LogP contribution in [0.3, 0.4) is 0 Å². The van der Waals surface area contributed by atoms with E-state index in [0.29, 0.717) is 13.0 Å². The largest absolute Gasteiger partial charge is 0.457 e. The number of aliphatic hydroxyl groups is 3. The Morgan fingerprint density at radius 2 is 1.23 bits per heavy atom. The maximum Gasteiger partial charge on any atom is 0.397 e. The van der Waals surface area contributed by atoms with E-state index in [9.17, 15) is 28.5 Å². The molecule has 4 N–H and O–H groups in total. The van der Waals surface area contributed by atoms with E-state index in [-0.39, 0.29) is 19.6 Å². The molecule has 1 rings (SSSR count). The number of carbonyl (C=O) groups is 1. The molecule has 326 valence electrons. The Morgan fingerprint density at radius 3 is 1.82 bits per heavy atom. The summed E-state index contributed by atoms with van der Waals surface area (Å²) in [6.07, 6.45) is 31.4. The smallest absolute Gasteiger partial charge is 0.397 e. The number of ether oxygens (including phenoxy) is 4. The standard InChI is InChI=1S/C43H76O12S/c1-3-5-7-9-11-13-15-17-18-19-21-23-25-27-29-31-33-51-35-37(36-52-43-41(47)42(55-56(48,49)50)40(46)38(34-44)54-43)53-39(45)32-30-28-26-24-22-20-16-14-12-10-8-6-4-2/h5,7,11,13-14,16-18,37-38,40-44,46-47H,3-4,6,8-10,12,15,19-36H2,1-2H3,(H,48,49,50)/b7-5-,13-11-,16-14-,18-17-. The first-order chi connectivity index (χ1) is 27.1. The lowest BCUT2D eigenvalue weighted by atomic mass is 9.99. The highest BCUT2D eigenvalue weighted by molar-refractivity contribution is 7.80. The Hall–Kier alpha value is -1.94. The molecule has 1 heterocycles. The number of hydrogen-bond acceptors (Lipinski definition) is 11. The SMILES string of the molecule is CC/C=C\C/C=C\C/C=C\CCCCCCCCOCC(COC1OC(CO)C(O)C(OS(=O)(=O)O)C1O)OC(=O)CCCCCCC/C=C\CCCCCC. The number of hydrogen-bond donors (Lipinski definition) is 4. The van der Waals surface area contributed by atoms with E-state index >= 15 is 0 Å². The van der Waals surface area contributed by atoms with Gasteiger partial charge >= 0.3 is 16.4 Å². The van der Waals surface area contributed by atoms with Crippen LogP contribution >= 0.6 is 0 Å². The molecular weight excluding hydrogens is 741 g/mol. The zero-order chi connectivity index (χ0) is 41.1. The molecule has 1 aliphatic heterocycles. The third kappa shape index (κ3) is 28.5. The topological polar surface area (TPSA) is 178 Å². The summed E-state index contributed by atoms with van der Waals surface area (Å²) < 4.78 is 58.9. The van der Waals surface area contributed by atoms with Gasteiger partial charge in [-0.2, -0.15) is 8.42 Å². The van der Waals surface area contributed by atoms with Gasteiger partial charge in [-0.25, -0.2) is 4.18 Å². The van der Waals surface area contributed by atoms with Crippen molar-refractivity contribution in [2.24, 2.45) is 0 Å². The van der Waals surface area contributed by atoms with E-state index in [1.165, 1.54) is 38.5 Å². The summed E-state index contributed by atoms with van der Waals surface area (Å²) in [6.45, 7) is 3.80. The highest BCUT2D eigenvalue weighted by Crippen LogP contribution is 2.26. The molecule has 0 bridgehead atoms. The van der Waals surface area contributed by atoms with E-state index in [1.807, 2.05) is 0 Å². The van der Waals surface area contributed by atoms with Gasteiger partial charge in [-0.05, 0) is 70.6 Å². The quantitative estimate of drug-likeness (QED) is 0.0206. The van der Waals surface area contributed by atoms with Crippen LogP contribution in [0.4, 0.5) is 0 Å². The molecular formula is C43H76O12S. The molecule has 12 nitrogen and oxygen atoms in total. The third-order valence-electron chi connectivity index (χ3n) is 9.43.